The molecule has 3 nitrogen and oxygen atoms in total. The molecule has 0 atom stereocenters. The maximum atomic E-state index is 11.1. The van der Waals surface area contributed by atoms with Gasteiger partial charge in [-0.1, -0.05) is 18.7 Å². The summed E-state index contributed by atoms with van der Waals surface area (Å²) in [6.07, 6.45) is 1.14. The van der Waals surface area contributed by atoms with Crippen molar-refractivity contribution in [3.8, 4) is 11.5 Å². The van der Waals surface area contributed by atoms with Crippen LogP contribution in [0.5, 0.6) is 11.5 Å². The molecule has 18 heavy (non-hydrogen) atoms. The first-order valence-electron chi connectivity index (χ1n) is 5.74. The topological polar surface area (TPSA) is 35.5 Å². The Morgan fingerprint density at radius 1 is 1.33 bits per heavy atom. The van der Waals surface area contributed by atoms with E-state index in [9.17, 15) is 4.79 Å². The Hall–Kier alpha value is -2.29. The van der Waals surface area contributed by atoms with E-state index in [4.69, 9.17) is 9.47 Å². The molecule has 0 heterocycles. The number of rotatable bonds is 4. The number of hydrogen-bond donors (Lipinski definition) is 0. The van der Waals surface area contributed by atoms with Crippen LogP contribution in [0, 0.1) is 0 Å². The SMILES string of the molecule is C=CC(=O)Oc1ccc2c(OCC)cccc2c1. The van der Waals surface area contributed by atoms with E-state index < -0.39 is 5.97 Å². The molecule has 2 aromatic rings. The van der Waals surface area contributed by atoms with Gasteiger partial charge >= 0.3 is 5.97 Å². The van der Waals surface area contributed by atoms with Gasteiger partial charge in [0, 0.05) is 11.5 Å². The van der Waals surface area contributed by atoms with Crippen molar-refractivity contribution >= 4 is 16.7 Å². The van der Waals surface area contributed by atoms with Crippen LogP contribution in [0.4, 0.5) is 0 Å². The lowest BCUT2D eigenvalue weighted by Crippen LogP contribution is -2.02. The number of carbonyl (C=O) groups excluding carboxylic acids is 1. The third kappa shape index (κ3) is 2.51. The molecule has 0 aliphatic carbocycles. The van der Waals surface area contributed by atoms with E-state index in [1.165, 1.54) is 0 Å². The Labute approximate surface area is 106 Å². The highest BCUT2D eigenvalue weighted by atomic mass is 16.5. The molecule has 2 aromatic carbocycles. The van der Waals surface area contributed by atoms with Gasteiger partial charge in [0.05, 0.1) is 6.61 Å². The second-order valence-electron chi connectivity index (χ2n) is 3.70. The van der Waals surface area contributed by atoms with Crippen LogP contribution in [-0.4, -0.2) is 12.6 Å². The summed E-state index contributed by atoms with van der Waals surface area (Å²) in [6.45, 7) is 5.92. The van der Waals surface area contributed by atoms with Crippen molar-refractivity contribution in [2.45, 2.75) is 6.92 Å². The van der Waals surface area contributed by atoms with Crippen molar-refractivity contribution in [2.75, 3.05) is 6.61 Å². The number of carbonyl (C=O) groups is 1. The van der Waals surface area contributed by atoms with Gasteiger partial charge in [-0.3, -0.25) is 0 Å². The molecule has 0 fully saturated rings. The molecule has 2 rings (SSSR count). The number of esters is 1. The maximum absolute atomic E-state index is 11.1. The fourth-order valence-electron chi connectivity index (χ4n) is 1.73. The average Bonchev–Trinajstić information content (AvgIpc) is 2.39. The van der Waals surface area contributed by atoms with E-state index in [2.05, 4.69) is 6.58 Å². The van der Waals surface area contributed by atoms with Crippen molar-refractivity contribution < 1.29 is 14.3 Å². The van der Waals surface area contributed by atoms with Gasteiger partial charge in [0.15, 0.2) is 0 Å². The highest BCUT2D eigenvalue weighted by Gasteiger charge is 2.04. The number of hydrogen-bond acceptors (Lipinski definition) is 3. The molecular formula is C15H14O3. The van der Waals surface area contributed by atoms with Crippen LogP contribution in [0.3, 0.4) is 0 Å². The second-order valence-corrected chi connectivity index (χ2v) is 3.70. The van der Waals surface area contributed by atoms with Gasteiger partial charge in [-0.05, 0) is 36.6 Å². The molecule has 92 valence electrons. The Kier molecular flexibility index (Phi) is 3.63. The quantitative estimate of drug-likeness (QED) is 0.468. The fourth-order valence-corrected chi connectivity index (χ4v) is 1.73. The van der Waals surface area contributed by atoms with E-state index in [1.54, 1.807) is 12.1 Å². The Bertz CT molecular complexity index is 587. The molecule has 0 N–H and O–H groups in total. The Balaban J connectivity index is 2.40. The molecule has 0 saturated heterocycles. The van der Waals surface area contributed by atoms with Crippen LogP contribution in [-0.2, 0) is 4.79 Å². The molecule has 0 bridgehead atoms. The van der Waals surface area contributed by atoms with Gasteiger partial charge in [-0.25, -0.2) is 4.79 Å². The first kappa shape index (κ1) is 12.2. The third-order valence-corrected chi connectivity index (χ3v) is 2.50. The summed E-state index contributed by atoms with van der Waals surface area (Å²) in [5, 5.41) is 1.97. The minimum Gasteiger partial charge on any atom is -0.493 e. The number of fused-ring (bicyclic) bond motifs is 1. The predicted molar refractivity (Wildman–Crippen MR) is 70.9 cm³/mol. The normalized spacial score (nSPS) is 10.1. The highest BCUT2D eigenvalue weighted by Crippen LogP contribution is 2.28. The summed E-state index contributed by atoms with van der Waals surface area (Å²) >= 11 is 0. The van der Waals surface area contributed by atoms with Gasteiger partial charge in [0.25, 0.3) is 0 Å². The number of benzene rings is 2. The minimum atomic E-state index is -0.463. The van der Waals surface area contributed by atoms with Crippen molar-refractivity contribution in [2.24, 2.45) is 0 Å². The predicted octanol–water partition coefficient (Wildman–Crippen LogP) is 3.33. The van der Waals surface area contributed by atoms with E-state index in [-0.39, 0.29) is 0 Å². The first-order valence-corrected chi connectivity index (χ1v) is 5.74. The van der Waals surface area contributed by atoms with Crippen LogP contribution in [0.15, 0.2) is 49.1 Å². The molecule has 0 spiro atoms. The average molecular weight is 242 g/mol. The van der Waals surface area contributed by atoms with Crippen molar-refractivity contribution in [3.05, 3.63) is 49.1 Å². The molecule has 0 aliphatic rings. The zero-order chi connectivity index (χ0) is 13.0. The summed E-state index contributed by atoms with van der Waals surface area (Å²) in [6, 6.07) is 11.2. The van der Waals surface area contributed by atoms with Crippen LogP contribution >= 0.6 is 0 Å². The van der Waals surface area contributed by atoms with Gasteiger partial charge < -0.3 is 9.47 Å². The molecular weight excluding hydrogens is 228 g/mol. The van der Waals surface area contributed by atoms with Gasteiger partial charge in [0.2, 0.25) is 0 Å². The van der Waals surface area contributed by atoms with Crippen LogP contribution in [0.25, 0.3) is 10.8 Å². The molecule has 0 radical (unpaired) electrons. The number of ether oxygens (including phenoxy) is 2. The van der Waals surface area contributed by atoms with E-state index in [1.807, 2.05) is 31.2 Å². The van der Waals surface area contributed by atoms with E-state index in [0.29, 0.717) is 12.4 Å². The molecule has 0 amide bonds. The molecule has 0 aromatic heterocycles. The molecule has 0 aliphatic heterocycles. The Morgan fingerprint density at radius 3 is 2.89 bits per heavy atom. The molecule has 3 heteroatoms. The zero-order valence-corrected chi connectivity index (χ0v) is 10.2. The Morgan fingerprint density at radius 2 is 2.17 bits per heavy atom. The van der Waals surface area contributed by atoms with E-state index >= 15 is 0 Å². The summed E-state index contributed by atoms with van der Waals surface area (Å²) in [4.78, 5) is 11.1. The maximum Gasteiger partial charge on any atom is 0.335 e. The van der Waals surface area contributed by atoms with Gasteiger partial charge in [0.1, 0.15) is 11.5 Å². The molecule has 0 unspecified atom stereocenters. The fraction of sp³-hybridized carbons (Fsp3) is 0.133. The lowest BCUT2D eigenvalue weighted by Gasteiger charge is -2.08. The molecule has 0 saturated carbocycles. The standard InChI is InChI=1S/C15H14O3/c1-3-15(16)18-12-8-9-13-11(10-12)6-5-7-14(13)17-4-2/h3,5-10H,1,4H2,2H3. The monoisotopic (exact) mass is 242 g/mol. The minimum absolute atomic E-state index is 0.463. The lowest BCUT2D eigenvalue weighted by molar-refractivity contribution is -0.128. The van der Waals surface area contributed by atoms with Crippen LogP contribution in [0.1, 0.15) is 6.92 Å². The van der Waals surface area contributed by atoms with Crippen LogP contribution in [0.2, 0.25) is 0 Å². The summed E-state index contributed by atoms with van der Waals surface area (Å²) < 4.78 is 10.6. The van der Waals surface area contributed by atoms with E-state index in [0.717, 1.165) is 22.6 Å². The smallest absolute Gasteiger partial charge is 0.335 e. The summed E-state index contributed by atoms with van der Waals surface area (Å²) in [7, 11) is 0. The highest BCUT2D eigenvalue weighted by molar-refractivity contribution is 5.90. The second kappa shape index (κ2) is 5.36. The largest absolute Gasteiger partial charge is 0.493 e. The first-order chi connectivity index (χ1) is 8.74. The lowest BCUT2D eigenvalue weighted by atomic mass is 10.1. The summed E-state index contributed by atoms with van der Waals surface area (Å²) in [5.41, 5.74) is 0. The van der Waals surface area contributed by atoms with Gasteiger partial charge in [-0.15, -0.1) is 0 Å². The summed E-state index contributed by atoms with van der Waals surface area (Å²) in [5.74, 6) is 0.868. The van der Waals surface area contributed by atoms with Crippen molar-refractivity contribution in [3.63, 3.8) is 0 Å². The van der Waals surface area contributed by atoms with Crippen LogP contribution < -0.4 is 9.47 Å². The zero-order valence-electron chi connectivity index (χ0n) is 10.2. The third-order valence-electron chi connectivity index (χ3n) is 2.50. The van der Waals surface area contributed by atoms with Gasteiger partial charge in [-0.2, -0.15) is 0 Å². The van der Waals surface area contributed by atoms with Crippen molar-refractivity contribution in [1.29, 1.82) is 0 Å². The van der Waals surface area contributed by atoms with Crippen molar-refractivity contribution in [1.82, 2.24) is 0 Å².